The van der Waals surface area contributed by atoms with Gasteiger partial charge in [0.1, 0.15) is 11.5 Å². The Morgan fingerprint density at radius 1 is 1.21 bits per heavy atom. The van der Waals surface area contributed by atoms with E-state index in [9.17, 15) is 14.7 Å². The summed E-state index contributed by atoms with van der Waals surface area (Å²) >= 11 is 4.47. The number of carboxylic acid groups (broad SMARTS) is 1. The monoisotopic (exact) mass is 405 g/mol. The van der Waals surface area contributed by atoms with Crippen molar-refractivity contribution in [3.8, 4) is 11.5 Å². The molecule has 3 aromatic rings. The Bertz CT molecular complexity index is 900. The van der Waals surface area contributed by atoms with Crippen molar-refractivity contribution in [2.75, 3.05) is 0 Å². The molecule has 1 N–H and O–H groups in total. The Morgan fingerprint density at radius 3 is 2.50 bits per heavy atom. The zero-order valence-electron chi connectivity index (χ0n) is 12.5. The number of Topliss-reactive ketones (excluding diaryl/α,β-unsaturated/α-hetero) is 1. The molecule has 24 heavy (non-hydrogen) atoms. The van der Waals surface area contributed by atoms with Crippen LogP contribution < -0.4 is 0 Å². The number of hydrogen-bond acceptors (Lipinski definition) is 5. The maximum Gasteiger partial charge on any atom is 0.320 e. The van der Waals surface area contributed by atoms with Crippen LogP contribution in [0.3, 0.4) is 0 Å². The smallest absolute Gasteiger partial charge is 0.320 e. The third kappa shape index (κ3) is 3.18. The van der Waals surface area contributed by atoms with E-state index in [2.05, 4.69) is 20.9 Å². The van der Waals surface area contributed by atoms with Gasteiger partial charge in [-0.2, -0.15) is 0 Å². The van der Waals surface area contributed by atoms with Crippen molar-refractivity contribution in [2.24, 2.45) is 0 Å². The third-order valence-corrected chi connectivity index (χ3v) is 5.09. The quantitative estimate of drug-likeness (QED) is 0.498. The second kappa shape index (κ2) is 6.70. The molecule has 122 valence electrons. The number of aliphatic carboxylic acids is 1. The molecule has 1 aromatic carbocycles. The van der Waals surface area contributed by atoms with Crippen LogP contribution in [0.4, 0.5) is 0 Å². The number of carboxylic acids is 1. The van der Waals surface area contributed by atoms with E-state index in [4.69, 9.17) is 4.42 Å². The lowest BCUT2D eigenvalue weighted by atomic mass is 9.98. The summed E-state index contributed by atoms with van der Waals surface area (Å²) < 4.78 is 6.35. The first-order valence-electron chi connectivity index (χ1n) is 7.02. The lowest BCUT2D eigenvalue weighted by Gasteiger charge is -2.07. The van der Waals surface area contributed by atoms with Gasteiger partial charge in [-0.25, -0.2) is 4.98 Å². The summed E-state index contributed by atoms with van der Waals surface area (Å²) in [5.74, 6) is -2.52. The van der Waals surface area contributed by atoms with Crippen molar-refractivity contribution in [2.45, 2.75) is 12.8 Å². The minimum Gasteiger partial charge on any atom is -0.480 e. The van der Waals surface area contributed by atoms with Crippen LogP contribution in [0.15, 0.2) is 50.7 Å². The molecule has 5 nitrogen and oxygen atoms in total. The number of benzene rings is 1. The number of carbonyl (C=O) groups is 2. The van der Waals surface area contributed by atoms with Crippen LogP contribution in [-0.2, 0) is 4.79 Å². The van der Waals surface area contributed by atoms with Crippen molar-refractivity contribution in [3.05, 3.63) is 62.6 Å². The molecule has 0 amide bonds. The second-order valence-electron chi connectivity index (χ2n) is 5.07. The highest BCUT2D eigenvalue weighted by atomic mass is 79.9. The van der Waals surface area contributed by atoms with Gasteiger partial charge in [0.2, 0.25) is 5.89 Å². The van der Waals surface area contributed by atoms with Crippen LogP contribution in [0.2, 0.25) is 0 Å². The van der Waals surface area contributed by atoms with Crippen LogP contribution in [0, 0.1) is 6.92 Å². The minimum atomic E-state index is -1.39. The Hall–Kier alpha value is -2.25. The summed E-state index contributed by atoms with van der Waals surface area (Å²) in [6, 6.07) is 12.4. The predicted molar refractivity (Wildman–Crippen MR) is 93.4 cm³/mol. The van der Waals surface area contributed by atoms with E-state index in [0.29, 0.717) is 16.5 Å². The summed E-state index contributed by atoms with van der Waals surface area (Å²) in [6.07, 6.45) is 0. The fourth-order valence-corrected chi connectivity index (χ4v) is 3.68. The number of ketones is 1. The number of thiophene rings is 1. The molecule has 3 rings (SSSR count). The van der Waals surface area contributed by atoms with E-state index in [0.717, 1.165) is 9.35 Å². The zero-order chi connectivity index (χ0) is 17.3. The van der Waals surface area contributed by atoms with Crippen molar-refractivity contribution < 1.29 is 19.1 Å². The van der Waals surface area contributed by atoms with Gasteiger partial charge in [0.15, 0.2) is 11.7 Å². The Labute approximate surface area is 150 Å². The van der Waals surface area contributed by atoms with E-state index in [1.807, 2.05) is 30.3 Å². The fraction of sp³-hybridized carbons (Fsp3) is 0.118. The van der Waals surface area contributed by atoms with Gasteiger partial charge in [0.25, 0.3) is 0 Å². The van der Waals surface area contributed by atoms with Gasteiger partial charge in [0, 0.05) is 5.56 Å². The van der Waals surface area contributed by atoms with Gasteiger partial charge in [0.05, 0.1) is 8.66 Å². The lowest BCUT2D eigenvalue weighted by molar-refractivity contribution is -0.137. The van der Waals surface area contributed by atoms with E-state index >= 15 is 0 Å². The molecular formula is C17H12BrNO4S. The third-order valence-electron chi connectivity index (χ3n) is 3.45. The zero-order valence-corrected chi connectivity index (χ0v) is 14.9. The molecule has 0 bridgehead atoms. The fourth-order valence-electron chi connectivity index (χ4n) is 2.32. The molecule has 0 aliphatic heterocycles. The maximum absolute atomic E-state index is 12.6. The van der Waals surface area contributed by atoms with Crippen molar-refractivity contribution in [1.82, 2.24) is 4.98 Å². The largest absolute Gasteiger partial charge is 0.480 e. The van der Waals surface area contributed by atoms with E-state index in [-0.39, 0.29) is 5.69 Å². The molecular weight excluding hydrogens is 394 g/mol. The molecule has 1 atom stereocenters. The molecule has 0 aliphatic carbocycles. The molecule has 0 radical (unpaired) electrons. The highest BCUT2D eigenvalue weighted by Gasteiger charge is 2.35. The maximum atomic E-state index is 12.6. The van der Waals surface area contributed by atoms with Gasteiger partial charge < -0.3 is 9.52 Å². The number of nitrogens with zero attached hydrogens (tertiary/aromatic N) is 1. The summed E-state index contributed by atoms with van der Waals surface area (Å²) in [6.45, 7) is 1.61. The number of carbonyl (C=O) groups excluding carboxylic acids is 1. The highest BCUT2D eigenvalue weighted by molar-refractivity contribution is 9.11. The molecule has 0 fully saturated rings. The van der Waals surface area contributed by atoms with Crippen LogP contribution in [-0.4, -0.2) is 21.8 Å². The number of oxazole rings is 1. The highest BCUT2D eigenvalue weighted by Crippen LogP contribution is 2.31. The summed E-state index contributed by atoms with van der Waals surface area (Å²) in [4.78, 5) is 29.0. The number of aryl methyl sites for hydroxylation is 1. The molecule has 0 aliphatic rings. The lowest BCUT2D eigenvalue weighted by Crippen LogP contribution is -2.22. The van der Waals surface area contributed by atoms with Gasteiger partial charge in [-0.05, 0) is 47.1 Å². The van der Waals surface area contributed by atoms with Crippen LogP contribution >= 0.6 is 27.3 Å². The average molecular weight is 406 g/mol. The molecule has 7 heteroatoms. The van der Waals surface area contributed by atoms with Crippen LogP contribution in [0.5, 0.6) is 0 Å². The molecule has 0 saturated carbocycles. The van der Waals surface area contributed by atoms with E-state index in [1.165, 1.54) is 11.3 Å². The number of rotatable bonds is 5. The van der Waals surface area contributed by atoms with Gasteiger partial charge in [-0.1, -0.05) is 18.2 Å². The molecule has 0 spiro atoms. The van der Waals surface area contributed by atoms with Gasteiger partial charge in [-0.15, -0.1) is 11.3 Å². The predicted octanol–water partition coefficient (Wildman–Crippen LogP) is 4.53. The Balaban J connectivity index is 2.02. The van der Waals surface area contributed by atoms with E-state index in [1.54, 1.807) is 19.1 Å². The molecule has 2 aromatic heterocycles. The first-order valence-corrected chi connectivity index (χ1v) is 8.63. The van der Waals surface area contributed by atoms with E-state index < -0.39 is 17.7 Å². The van der Waals surface area contributed by atoms with Crippen LogP contribution in [0.1, 0.15) is 27.0 Å². The Morgan fingerprint density at radius 2 is 1.92 bits per heavy atom. The minimum absolute atomic E-state index is 0.135. The molecule has 0 saturated heterocycles. The second-order valence-corrected chi connectivity index (χ2v) is 7.53. The van der Waals surface area contributed by atoms with Gasteiger partial charge >= 0.3 is 5.97 Å². The standard InChI is InChI=1S/C17H12BrNO4S/c1-9-14(19-16(23-9)10-5-3-2-4-6-10)13(17(21)22)15(20)11-7-8-12(18)24-11/h2-8,13H,1H3,(H,21,22). The first kappa shape index (κ1) is 16.6. The first-order chi connectivity index (χ1) is 11.5. The van der Waals surface area contributed by atoms with Crippen LogP contribution in [0.25, 0.3) is 11.5 Å². The summed E-state index contributed by atoms with van der Waals surface area (Å²) in [7, 11) is 0. The molecule has 2 heterocycles. The summed E-state index contributed by atoms with van der Waals surface area (Å²) in [5, 5.41) is 9.56. The Kier molecular flexibility index (Phi) is 4.64. The van der Waals surface area contributed by atoms with Crippen molar-refractivity contribution in [3.63, 3.8) is 0 Å². The number of hydrogen-bond donors (Lipinski definition) is 1. The van der Waals surface area contributed by atoms with Gasteiger partial charge in [-0.3, -0.25) is 9.59 Å². The number of aromatic nitrogens is 1. The van der Waals surface area contributed by atoms with Crippen molar-refractivity contribution in [1.29, 1.82) is 0 Å². The normalized spacial score (nSPS) is 12.1. The average Bonchev–Trinajstić information content (AvgIpc) is 3.15. The molecule has 1 unspecified atom stereocenters. The van der Waals surface area contributed by atoms with Crippen molar-refractivity contribution >= 4 is 39.0 Å². The summed E-state index contributed by atoms with van der Waals surface area (Å²) in [5.41, 5.74) is 0.859. The SMILES string of the molecule is Cc1oc(-c2ccccc2)nc1C(C(=O)O)C(=O)c1ccc(Br)s1. The number of halogens is 1. The topological polar surface area (TPSA) is 80.4 Å².